The number of hydrogen-bond donors (Lipinski definition) is 2. The molecule has 0 amide bonds. The first-order valence-electron chi connectivity index (χ1n) is 8.80. The van der Waals surface area contributed by atoms with Crippen LogP contribution in [-0.2, 0) is 4.74 Å². The molecule has 28 heavy (non-hydrogen) atoms. The lowest BCUT2D eigenvalue weighted by Gasteiger charge is -2.23. The van der Waals surface area contributed by atoms with Crippen molar-refractivity contribution in [3.8, 4) is 17.0 Å². The summed E-state index contributed by atoms with van der Waals surface area (Å²) >= 11 is 0. The number of rotatable bonds is 3. The molecule has 0 aliphatic carbocycles. The van der Waals surface area contributed by atoms with Crippen molar-refractivity contribution in [3.05, 3.63) is 41.1 Å². The Morgan fingerprint density at radius 3 is 2.57 bits per heavy atom. The van der Waals surface area contributed by atoms with Crippen LogP contribution < -0.4 is 0 Å². The van der Waals surface area contributed by atoms with Crippen molar-refractivity contribution in [3.63, 3.8) is 0 Å². The molecule has 1 aromatic carbocycles. The molecule has 7 nitrogen and oxygen atoms in total. The second-order valence-corrected chi connectivity index (χ2v) is 6.69. The van der Waals surface area contributed by atoms with Crippen LogP contribution in [0.15, 0.2) is 18.2 Å². The van der Waals surface area contributed by atoms with Crippen LogP contribution in [0.1, 0.15) is 41.5 Å². The van der Waals surface area contributed by atoms with Crippen LogP contribution in [0, 0.1) is 18.6 Å². The molecule has 9 heteroatoms. The minimum Gasteiger partial charge on any atom is -0.508 e. The summed E-state index contributed by atoms with van der Waals surface area (Å²) in [5, 5.41) is 23.7. The molecule has 3 aromatic rings. The van der Waals surface area contributed by atoms with Crippen molar-refractivity contribution >= 4 is 17.0 Å². The molecule has 146 valence electrons. The number of halogens is 2. The Morgan fingerprint density at radius 2 is 1.96 bits per heavy atom. The number of carbonyl (C=O) groups is 1. The minimum atomic E-state index is -1.26. The number of aromatic hydroxyl groups is 1. The fourth-order valence-corrected chi connectivity index (χ4v) is 3.53. The van der Waals surface area contributed by atoms with Gasteiger partial charge in [-0.1, -0.05) is 0 Å². The minimum absolute atomic E-state index is 0.161. The number of hydrogen-bond acceptors (Lipinski definition) is 5. The fourth-order valence-electron chi connectivity index (χ4n) is 3.53. The molecule has 1 aliphatic rings. The predicted octanol–water partition coefficient (Wildman–Crippen LogP) is 3.79. The van der Waals surface area contributed by atoms with Gasteiger partial charge in [0.2, 0.25) is 0 Å². The summed E-state index contributed by atoms with van der Waals surface area (Å²) in [6.45, 7) is 2.19. The third-order valence-corrected chi connectivity index (χ3v) is 4.78. The second-order valence-electron chi connectivity index (χ2n) is 6.69. The fraction of sp³-hybridized carbons (Fsp3) is 0.316. The van der Waals surface area contributed by atoms with Crippen molar-refractivity contribution < 1.29 is 28.5 Å². The van der Waals surface area contributed by atoms with Crippen molar-refractivity contribution in [1.29, 1.82) is 0 Å². The molecule has 0 saturated carbocycles. The number of fused-ring (bicyclic) bond motifs is 1. The van der Waals surface area contributed by atoms with Crippen LogP contribution >= 0.6 is 0 Å². The average Bonchev–Trinajstić information content (AvgIpc) is 2.98. The van der Waals surface area contributed by atoms with Gasteiger partial charge in [0.15, 0.2) is 11.9 Å². The van der Waals surface area contributed by atoms with Crippen LogP contribution in [-0.4, -0.2) is 37.6 Å². The lowest BCUT2D eigenvalue weighted by Crippen LogP contribution is -2.19. The van der Waals surface area contributed by atoms with Gasteiger partial charge in [-0.2, -0.15) is 5.10 Å². The smallest absolute Gasteiger partial charge is 0.336 e. The van der Waals surface area contributed by atoms with Gasteiger partial charge >= 0.3 is 5.97 Å². The summed E-state index contributed by atoms with van der Waals surface area (Å²) < 4.78 is 35.9. The van der Waals surface area contributed by atoms with E-state index in [1.807, 2.05) is 0 Å². The number of aryl methyl sites for hydroxylation is 1. The molecule has 3 heterocycles. The number of carboxylic acid groups (broad SMARTS) is 1. The zero-order valence-electron chi connectivity index (χ0n) is 14.9. The Morgan fingerprint density at radius 1 is 1.25 bits per heavy atom. The van der Waals surface area contributed by atoms with Crippen LogP contribution in [0.2, 0.25) is 0 Å². The number of nitrogens with zero attached hydrogens (tertiary/aromatic N) is 3. The van der Waals surface area contributed by atoms with E-state index in [4.69, 9.17) is 4.74 Å². The SMILES string of the molecule is Cc1nn(C2CCCCO2)c2nc(-c3c(F)cc(O)cc3F)cc(C(=O)O)c12. The Labute approximate surface area is 158 Å². The zero-order valence-corrected chi connectivity index (χ0v) is 14.9. The molecular formula is C19H17F2N3O4. The number of phenols is 1. The molecular weight excluding hydrogens is 372 g/mol. The number of ether oxygens (including phenoxy) is 1. The van der Waals surface area contributed by atoms with E-state index in [0.717, 1.165) is 31.0 Å². The van der Waals surface area contributed by atoms with Crippen molar-refractivity contribution in [2.24, 2.45) is 0 Å². The van der Waals surface area contributed by atoms with Gasteiger partial charge in [-0.3, -0.25) is 0 Å². The van der Waals surface area contributed by atoms with E-state index in [0.29, 0.717) is 24.1 Å². The number of aromatic nitrogens is 3. The molecule has 1 saturated heterocycles. The van der Waals surface area contributed by atoms with Crippen LogP contribution in [0.25, 0.3) is 22.3 Å². The molecule has 2 N–H and O–H groups in total. The summed E-state index contributed by atoms with van der Waals surface area (Å²) in [4.78, 5) is 16.2. The molecule has 0 radical (unpaired) electrons. The van der Waals surface area contributed by atoms with Gasteiger partial charge in [0.1, 0.15) is 17.4 Å². The Hall–Kier alpha value is -3.07. The summed E-state index contributed by atoms with van der Waals surface area (Å²) in [6.07, 6.45) is 2.07. The largest absolute Gasteiger partial charge is 0.508 e. The monoisotopic (exact) mass is 389 g/mol. The van der Waals surface area contributed by atoms with Crippen molar-refractivity contribution in [1.82, 2.24) is 14.8 Å². The van der Waals surface area contributed by atoms with Gasteiger partial charge in [-0.15, -0.1) is 0 Å². The Balaban J connectivity index is 2.00. The number of pyridine rings is 1. The summed E-state index contributed by atoms with van der Waals surface area (Å²) in [7, 11) is 0. The zero-order chi connectivity index (χ0) is 20.0. The van der Waals surface area contributed by atoms with E-state index in [1.165, 1.54) is 4.68 Å². The van der Waals surface area contributed by atoms with Crippen molar-refractivity contribution in [2.45, 2.75) is 32.4 Å². The lowest BCUT2D eigenvalue weighted by atomic mass is 10.0. The first kappa shape index (κ1) is 18.3. The third kappa shape index (κ3) is 2.97. The number of phenolic OH excluding ortho intramolecular Hbond substituents is 1. The van der Waals surface area contributed by atoms with Crippen molar-refractivity contribution in [2.75, 3.05) is 6.61 Å². The number of benzene rings is 1. The highest BCUT2D eigenvalue weighted by atomic mass is 19.1. The topological polar surface area (TPSA) is 97.5 Å². The van der Waals surface area contributed by atoms with Crippen LogP contribution in [0.5, 0.6) is 5.75 Å². The van der Waals surface area contributed by atoms with Gasteiger partial charge < -0.3 is 14.9 Å². The van der Waals surface area contributed by atoms with E-state index in [1.54, 1.807) is 6.92 Å². The summed E-state index contributed by atoms with van der Waals surface area (Å²) in [5.74, 6) is -3.93. The maximum Gasteiger partial charge on any atom is 0.336 e. The van der Waals surface area contributed by atoms with E-state index < -0.39 is 35.1 Å². The first-order valence-corrected chi connectivity index (χ1v) is 8.80. The molecule has 0 spiro atoms. The highest BCUT2D eigenvalue weighted by Gasteiger charge is 2.26. The molecule has 1 atom stereocenters. The number of aromatic carboxylic acids is 1. The Bertz CT molecular complexity index is 1070. The van der Waals surface area contributed by atoms with E-state index in [9.17, 15) is 23.8 Å². The Kier molecular flexibility index (Phi) is 4.46. The van der Waals surface area contributed by atoms with E-state index in [-0.39, 0.29) is 16.9 Å². The highest BCUT2D eigenvalue weighted by molar-refractivity contribution is 6.04. The second kappa shape index (κ2) is 6.83. The van der Waals surface area contributed by atoms with Gasteiger partial charge in [0.05, 0.1) is 27.9 Å². The lowest BCUT2D eigenvalue weighted by molar-refractivity contribution is -0.0371. The third-order valence-electron chi connectivity index (χ3n) is 4.78. The standard InChI is InChI=1S/C19H17F2N3O4/c1-9-16-11(19(26)27)8-14(17-12(20)6-10(25)7-13(17)21)22-18(16)24(23-9)15-4-2-3-5-28-15/h6-8,15,25H,2-5H2,1H3,(H,26,27). The maximum atomic E-state index is 14.4. The van der Waals surface area contributed by atoms with E-state index >= 15 is 0 Å². The highest BCUT2D eigenvalue weighted by Crippen LogP contribution is 2.34. The molecule has 1 aliphatic heterocycles. The molecule has 2 aromatic heterocycles. The molecule has 4 rings (SSSR count). The normalized spacial score (nSPS) is 17.2. The van der Waals surface area contributed by atoms with Gasteiger partial charge in [0, 0.05) is 18.7 Å². The van der Waals surface area contributed by atoms with Gasteiger partial charge in [-0.05, 0) is 32.3 Å². The van der Waals surface area contributed by atoms with Crippen LogP contribution in [0.4, 0.5) is 8.78 Å². The van der Waals surface area contributed by atoms with E-state index in [2.05, 4.69) is 10.1 Å². The summed E-state index contributed by atoms with van der Waals surface area (Å²) in [6, 6.07) is 2.61. The average molecular weight is 389 g/mol. The molecule has 1 fully saturated rings. The molecule has 1 unspecified atom stereocenters. The first-order chi connectivity index (χ1) is 13.4. The molecule has 0 bridgehead atoms. The van der Waals surface area contributed by atoms with Gasteiger partial charge in [0.25, 0.3) is 0 Å². The number of carboxylic acids is 1. The van der Waals surface area contributed by atoms with Gasteiger partial charge in [-0.25, -0.2) is 23.2 Å². The predicted molar refractivity (Wildman–Crippen MR) is 95.1 cm³/mol. The quantitative estimate of drug-likeness (QED) is 0.707. The summed E-state index contributed by atoms with van der Waals surface area (Å²) in [5.41, 5.74) is -0.251. The van der Waals surface area contributed by atoms with Crippen LogP contribution in [0.3, 0.4) is 0 Å². The maximum absolute atomic E-state index is 14.4.